The van der Waals surface area contributed by atoms with Gasteiger partial charge in [-0.2, -0.15) is 0 Å². The molecule has 0 spiro atoms. The molecular formula is C11H20N4O2. The van der Waals surface area contributed by atoms with E-state index in [1.807, 2.05) is 6.92 Å². The molecule has 0 amide bonds. The van der Waals surface area contributed by atoms with Crippen molar-refractivity contribution >= 4 is 5.97 Å². The standard InChI is InChI=1S/C11H20N4O2/c1-2-17-11(16)10-6-3-4-8-15(10)9-5-7-13-14-12/h10H,2-9H2,1H3. The predicted molar refractivity (Wildman–Crippen MR) is 64.5 cm³/mol. The van der Waals surface area contributed by atoms with Crippen LogP contribution in [0, 0.1) is 0 Å². The number of rotatable bonds is 6. The molecule has 0 radical (unpaired) electrons. The summed E-state index contributed by atoms with van der Waals surface area (Å²) >= 11 is 0. The molecule has 0 aromatic rings. The Morgan fingerprint density at radius 3 is 3.12 bits per heavy atom. The number of piperidine rings is 1. The fourth-order valence-corrected chi connectivity index (χ4v) is 2.15. The van der Waals surface area contributed by atoms with E-state index in [1.54, 1.807) is 0 Å². The average molecular weight is 240 g/mol. The lowest BCUT2D eigenvalue weighted by molar-refractivity contribution is -0.150. The van der Waals surface area contributed by atoms with Gasteiger partial charge in [0.1, 0.15) is 6.04 Å². The van der Waals surface area contributed by atoms with Gasteiger partial charge in [-0.3, -0.25) is 9.69 Å². The monoisotopic (exact) mass is 240 g/mol. The van der Waals surface area contributed by atoms with Crippen molar-refractivity contribution in [2.24, 2.45) is 5.11 Å². The van der Waals surface area contributed by atoms with Gasteiger partial charge >= 0.3 is 5.97 Å². The van der Waals surface area contributed by atoms with E-state index in [0.29, 0.717) is 13.2 Å². The molecule has 96 valence electrons. The van der Waals surface area contributed by atoms with Gasteiger partial charge in [0.2, 0.25) is 0 Å². The van der Waals surface area contributed by atoms with Crippen molar-refractivity contribution in [3.63, 3.8) is 0 Å². The van der Waals surface area contributed by atoms with Crippen molar-refractivity contribution in [1.29, 1.82) is 0 Å². The van der Waals surface area contributed by atoms with Crippen LogP contribution in [0.15, 0.2) is 5.11 Å². The molecule has 0 N–H and O–H groups in total. The molecule has 1 aliphatic heterocycles. The molecule has 6 nitrogen and oxygen atoms in total. The summed E-state index contributed by atoms with van der Waals surface area (Å²) in [5.74, 6) is -0.115. The summed E-state index contributed by atoms with van der Waals surface area (Å²) in [7, 11) is 0. The largest absolute Gasteiger partial charge is 0.465 e. The van der Waals surface area contributed by atoms with Crippen molar-refractivity contribution in [3.8, 4) is 0 Å². The molecule has 1 unspecified atom stereocenters. The molecule has 0 saturated carbocycles. The first-order valence-electron chi connectivity index (χ1n) is 6.21. The van der Waals surface area contributed by atoms with Gasteiger partial charge in [-0.15, -0.1) is 0 Å². The van der Waals surface area contributed by atoms with E-state index in [9.17, 15) is 4.79 Å². The number of hydrogen-bond donors (Lipinski definition) is 0. The third-order valence-corrected chi connectivity index (χ3v) is 2.94. The van der Waals surface area contributed by atoms with Crippen LogP contribution in [-0.2, 0) is 9.53 Å². The van der Waals surface area contributed by atoms with Gasteiger partial charge < -0.3 is 4.74 Å². The second kappa shape index (κ2) is 7.92. The molecule has 6 heteroatoms. The number of esters is 1. The van der Waals surface area contributed by atoms with Crippen molar-refractivity contribution in [2.75, 3.05) is 26.2 Å². The van der Waals surface area contributed by atoms with Crippen LogP contribution in [0.2, 0.25) is 0 Å². The molecular weight excluding hydrogens is 220 g/mol. The molecule has 1 fully saturated rings. The third kappa shape index (κ3) is 4.63. The highest BCUT2D eigenvalue weighted by Crippen LogP contribution is 2.18. The molecule has 1 atom stereocenters. The molecule has 0 aliphatic carbocycles. The Kier molecular flexibility index (Phi) is 6.43. The first-order chi connectivity index (χ1) is 8.29. The molecule has 17 heavy (non-hydrogen) atoms. The molecule has 0 aromatic carbocycles. The lowest BCUT2D eigenvalue weighted by Gasteiger charge is -2.33. The fourth-order valence-electron chi connectivity index (χ4n) is 2.15. The van der Waals surface area contributed by atoms with Gasteiger partial charge in [-0.1, -0.05) is 11.5 Å². The van der Waals surface area contributed by atoms with Crippen LogP contribution in [0.25, 0.3) is 10.4 Å². The van der Waals surface area contributed by atoms with E-state index in [0.717, 1.165) is 38.8 Å². The molecule has 1 rings (SSSR count). The molecule has 1 heterocycles. The van der Waals surface area contributed by atoms with E-state index in [2.05, 4.69) is 14.9 Å². The number of ether oxygens (including phenoxy) is 1. The highest BCUT2D eigenvalue weighted by molar-refractivity contribution is 5.75. The van der Waals surface area contributed by atoms with E-state index in [-0.39, 0.29) is 12.0 Å². The minimum atomic E-state index is -0.115. The smallest absolute Gasteiger partial charge is 0.323 e. The Labute approximate surface area is 102 Å². The number of likely N-dealkylation sites (tertiary alicyclic amines) is 1. The number of carbonyl (C=O) groups is 1. The quantitative estimate of drug-likeness (QED) is 0.234. The van der Waals surface area contributed by atoms with Gasteiger partial charge in [-0.25, -0.2) is 0 Å². The normalized spacial score (nSPS) is 20.6. The highest BCUT2D eigenvalue weighted by atomic mass is 16.5. The Morgan fingerprint density at radius 2 is 2.41 bits per heavy atom. The highest BCUT2D eigenvalue weighted by Gasteiger charge is 2.28. The zero-order chi connectivity index (χ0) is 12.5. The van der Waals surface area contributed by atoms with Crippen molar-refractivity contribution in [1.82, 2.24) is 4.90 Å². The number of nitrogens with zero attached hydrogens (tertiary/aromatic N) is 4. The van der Waals surface area contributed by atoms with Gasteiger partial charge in [-0.05, 0) is 44.8 Å². The predicted octanol–water partition coefficient (Wildman–Crippen LogP) is 2.10. The van der Waals surface area contributed by atoms with Crippen LogP contribution in [0.4, 0.5) is 0 Å². The van der Waals surface area contributed by atoms with Gasteiger partial charge in [0.05, 0.1) is 6.61 Å². The zero-order valence-electron chi connectivity index (χ0n) is 10.3. The Balaban J connectivity index is 2.41. The Hall–Kier alpha value is -1.26. The van der Waals surface area contributed by atoms with E-state index >= 15 is 0 Å². The van der Waals surface area contributed by atoms with Crippen molar-refractivity contribution in [3.05, 3.63) is 10.4 Å². The third-order valence-electron chi connectivity index (χ3n) is 2.94. The minimum absolute atomic E-state index is 0.102. The maximum atomic E-state index is 11.8. The molecule has 1 saturated heterocycles. The first-order valence-corrected chi connectivity index (χ1v) is 6.21. The Bertz CT molecular complexity index is 289. The minimum Gasteiger partial charge on any atom is -0.465 e. The van der Waals surface area contributed by atoms with Crippen LogP contribution < -0.4 is 0 Å². The molecule has 0 bridgehead atoms. The number of carbonyl (C=O) groups excluding carboxylic acids is 1. The van der Waals surface area contributed by atoms with Crippen LogP contribution in [0.5, 0.6) is 0 Å². The van der Waals surface area contributed by atoms with Crippen LogP contribution >= 0.6 is 0 Å². The average Bonchev–Trinajstić information content (AvgIpc) is 2.35. The van der Waals surface area contributed by atoms with Crippen LogP contribution in [-0.4, -0.2) is 43.2 Å². The van der Waals surface area contributed by atoms with Crippen molar-refractivity contribution in [2.45, 2.75) is 38.6 Å². The van der Waals surface area contributed by atoms with Crippen LogP contribution in [0.3, 0.4) is 0 Å². The summed E-state index contributed by atoms with van der Waals surface area (Å²) in [6, 6.07) is -0.102. The summed E-state index contributed by atoms with van der Waals surface area (Å²) in [4.78, 5) is 16.6. The van der Waals surface area contributed by atoms with Gasteiger partial charge in [0, 0.05) is 11.5 Å². The SMILES string of the molecule is CCOC(=O)C1CCCCN1CCCN=[N+]=[N-]. The summed E-state index contributed by atoms with van der Waals surface area (Å²) in [6.45, 7) is 4.47. The Morgan fingerprint density at radius 1 is 1.59 bits per heavy atom. The maximum absolute atomic E-state index is 11.8. The summed E-state index contributed by atoms with van der Waals surface area (Å²) in [5, 5.41) is 3.50. The first kappa shape index (κ1) is 13.8. The lowest BCUT2D eigenvalue weighted by Crippen LogP contribution is -2.46. The second-order valence-electron chi connectivity index (χ2n) is 4.11. The topological polar surface area (TPSA) is 78.3 Å². The number of hydrogen-bond acceptors (Lipinski definition) is 4. The summed E-state index contributed by atoms with van der Waals surface area (Å²) < 4.78 is 5.08. The molecule has 0 aromatic heterocycles. The second-order valence-corrected chi connectivity index (χ2v) is 4.11. The van der Waals surface area contributed by atoms with E-state index in [1.165, 1.54) is 0 Å². The van der Waals surface area contributed by atoms with Crippen molar-refractivity contribution < 1.29 is 9.53 Å². The van der Waals surface area contributed by atoms with Gasteiger partial charge in [0.15, 0.2) is 0 Å². The summed E-state index contributed by atoms with van der Waals surface area (Å²) in [5.41, 5.74) is 8.18. The molecule has 1 aliphatic rings. The van der Waals surface area contributed by atoms with E-state index in [4.69, 9.17) is 10.3 Å². The lowest BCUT2D eigenvalue weighted by atomic mass is 10.0. The number of azide groups is 1. The summed E-state index contributed by atoms with van der Waals surface area (Å²) in [6.07, 6.45) is 3.87. The fraction of sp³-hybridized carbons (Fsp3) is 0.909. The maximum Gasteiger partial charge on any atom is 0.323 e. The zero-order valence-corrected chi connectivity index (χ0v) is 10.3. The van der Waals surface area contributed by atoms with Gasteiger partial charge in [0.25, 0.3) is 0 Å². The van der Waals surface area contributed by atoms with Crippen LogP contribution in [0.1, 0.15) is 32.6 Å². The van der Waals surface area contributed by atoms with E-state index < -0.39 is 0 Å².